The molecule has 0 aliphatic heterocycles. The van der Waals surface area contributed by atoms with Crippen LogP contribution in [0.15, 0.2) is 22.7 Å². The number of hydrogen-bond donors (Lipinski definition) is 0. The Hall–Kier alpha value is -1.41. The summed E-state index contributed by atoms with van der Waals surface area (Å²) in [6.07, 6.45) is 4.73. The molecular formula is C15H21N5OS2. The Morgan fingerprint density at radius 3 is 3.00 bits per heavy atom. The molecule has 1 aliphatic carbocycles. The van der Waals surface area contributed by atoms with Crippen LogP contribution >= 0.6 is 23.1 Å². The largest absolute Gasteiger partial charge is 0.337 e. The second-order valence-corrected chi connectivity index (χ2v) is 7.60. The monoisotopic (exact) mass is 351 g/mol. The van der Waals surface area contributed by atoms with E-state index in [0.717, 1.165) is 18.0 Å². The van der Waals surface area contributed by atoms with E-state index in [1.54, 1.807) is 11.3 Å². The van der Waals surface area contributed by atoms with Gasteiger partial charge in [0.2, 0.25) is 11.1 Å². The third-order valence-electron chi connectivity index (χ3n) is 4.12. The van der Waals surface area contributed by atoms with Crippen molar-refractivity contribution >= 4 is 29.0 Å². The first-order chi connectivity index (χ1) is 11.3. The molecule has 124 valence electrons. The van der Waals surface area contributed by atoms with Crippen LogP contribution in [0.5, 0.6) is 0 Å². The van der Waals surface area contributed by atoms with Crippen molar-refractivity contribution in [1.29, 1.82) is 0 Å². The van der Waals surface area contributed by atoms with E-state index in [-0.39, 0.29) is 5.91 Å². The number of nitrogens with zero attached hydrogens (tertiary/aromatic N) is 5. The molecule has 1 fully saturated rings. The van der Waals surface area contributed by atoms with Crippen molar-refractivity contribution in [3.63, 3.8) is 0 Å². The fourth-order valence-electron chi connectivity index (χ4n) is 2.84. The maximum Gasteiger partial charge on any atom is 0.233 e. The summed E-state index contributed by atoms with van der Waals surface area (Å²) in [5.74, 6) is 0.513. The zero-order chi connectivity index (χ0) is 16.1. The van der Waals surface area contributed by atoms with Gasteiger partial charge in [-0.25, -0.2) is 4.68 Å². The summed E-state index contributed by atoms with van der Waals surface area (Å²) in [6.45, 7) is 3.41. The summed E-state index contributed by atoms with van der Waals surface area (Å²) in [4.78, 5) is 15.5. The highest BCUT2D eigenvalue weighted by atomic mass is 32.2. The van der Waals surface area contributed by atoms with E-state index in [2.05, 4.69) is 21.6 Å². The molecule has 0 unspecified atom stereocenters. The molecule has 1 amide bonds. The van der Waals surface area contributed by atoms with Crippen molar-refractivity contribution in [2.45, 2.75) is 50.4 Å². The molecule has 6 nitrogen and oxygen atoms in total. The lowest BCUT2D eigenvalue weighted by molar-refractivity contribution is -0.128. The van der Waals surface area contributed by atoms with Gasteiger partial charge in [0.25, 0.3) is 0 Å². The van der Waals surface area contributed by atoms with E-state index in [9.17, 15) is 4.79 Å². The smallest absolute Gasteiger partial charge is 0.233 e. The van der Waals surface area contributed by atoms with Gasteiger partial charge in [0, 0.05) is 11.4 Å². The van der Waals surface area contributed by atoms with Gasteiger partial charge in [-0.15, -0.1) is 16.4 Å². The van der Waals surface area contributed by atoms with E-state index >= 15 is 0 Å². The average molecular weight is 352 g/mol. The van der Waals surface area contributed by atoms with Gasteiger partial charge in [-0.2, -0.15) is 0 Å². The van der Waals surface area contributed by atoms with Crippen LogP contribution < -0.4 is 0 Å². The maximum absolute atomic E-state index is 12.5. The van der Waals surface area contributed by atoms with E-state index in [0.29, 0.717) is 24.9 Å². The second kappa shape index (κ2) is 7.92. The van der Waals surface area contributed by atoms with Gasteiger partial charge in [-0.1, -0.05) is 30.7 Å². The number of hydrogen-bond acceptors (Lipinski definition) is 6. The summed E-state index contributed by atoms with van der Waals surface area (Å²) in [5.41, 5.74) is 0. The van der Waals surface area contributed by atoms with Crippen LogP contribution in [0.4, 0.5) is 0 Å². The molecule has 1 aliphatic rings. The quantitative estimate of drug-likeness (QED) is 0.718. The minimum absolute atomic E-state index is 0.131. The second-order valence-electron chi connectivity index (χ2n) is 5.62. The number of thioether (sulfide) groups is 1. The first kappa shape index (κ1) is 16.4. The molecule has 2 aromatic heterocycles. The molecule has 2 aromatic rings. The molecule has 0 N–H and O–H groups in total. The number of tetrazole rings is 1. The van der Waals surface area contributed by atoms with Crippen LogP contribution in [0.2, 0.25) is 0 Å². The van der Waals surface area contributed by atoms with E-state index in [1.165, 1.54) is 29.5 Å². The first-order valence-corrected chi connectivity index (χ1v) is 9.85. The summed E-state index contributed by atoms with van der Waals surface area (Å²) in [5, 5.41) is 14.8. The maximum atomic E-state index is 12.5. The summed E-state index contributed by atoms with van der Waals surface area (Å²) < 4.78 is 1.90. The summed E-state index contributed by atoms with van der Waals surface area (Å²) in [7, 11) is 0. The molecule has 8 heteroatoms. The highest BCUT2D eigenvalue weighted by molar-refractivity contribution is 7.99. The molecule has 0 aromatic carbocycles. The number of amides is 1. The van der Waals surface area contributed by atoms with Gasteiger partial charge in [0.05, 0.1) is 18.3 Å². The highest BCUT2D eigenvalue weighted by Gasteiger charge is 2.22. The molecule has 2 heterocycles. The number of thiophene rings is 1. The zero-order valence-electron chi connectivity index (χ0n) is 13.2. The zero-order valence-corrected chi connectivity index (χ0v) is 14.9. The lowest BCUT2D eigenvalue weighted by atomic mass is 10.3. The van der Waals surface area contributed by atoms with Crippen LogP contribution in [0.25, 0.3) is 0 Å². The molecule has 3 rings (SSSR count). The Morgan fingerprint density at radius 1 is 1.48 bits per heavy atom. The van der Waals surface area contributed by atoms with Crippen molar-refractivity contribution in [2.24, 2.45) is 0 Å². The summed E-state index contributed by atoms with van der Waals surface area (Å²) >= 11 is 3.13. The molecule has 0 spiro atoms. The van der Waals surface area contributed by atoms with E-state index in [4.69, 9.17) is 0 Å². The molecular weight excluding hydrogens is 330 g/mol. The van der Waals surface area contributed by atoms with Gasteiger partial charge in [-0.3, -0.25) is 4.79 Å². The molecule has 0 bridgehead atoms. The summed E-state index contributed by atoms with van der Waals surface area (Å²) in [6, 6.07) is 4.48. The van der Waals surface area contributed by atoms with Crippen LogP contribution in [-0.4, -0.2) is 43.3 Å². The van der Waals surface area contributed by atoms with Gasteiger partial charge < -0.3 is 4.90 Å². The predicted molar refractivity (Wildman–Crippen MR) is 91.5 cm³/mol. The van der Waals surface area contributed by atoms with Crippen molar-refractivity contribution in [3.8, 4) is 0 Å². The number of rotatable bonds is 7. The average Bonchev–Trinajstić information content (AvgIpc) is 3.32. The Morgan fingerprint density at radius 2 is 2.30 bits per heavy atom. The van der Waals surface area contributed by atoms with Crippen molar-refractivity contribution in [1.82, 2.24) is 25.1 Å². The van der Waals surface area contributed by atoms with Crippen molar-refractivity contribution in [2.75, 3.05) is 12.3 Å². The lowest BCUT2D eigenvalue weighted by Gasteiger charge is -2.20. The van der Waals surface area contributed by atoms with Crippen molar-refractivity contribution < 1.29 is 4.79 Å². The fraction of sp³-hybridized carbons (Fsp3) is 0.600. The van der Waals surface area contributed by atoms with Gasteiger partial charge in [0.15, 0.2) is 0 Å². The van der Waals surface area contributed by atoms with E-state index < -0.39 is 0 Å². The standard InChI is InChI=1S/C15H21N5OS2/c1-2-19(10-13-8-5-9-22-13)14(21)11-23-15-16-17-18-20(15)12-6-3-4-7-12/h5,8-9,12H,2-4,6-7,10-11H2,1H3. The van der Waals surface area contributed by atoms with Crippen molar-refractivity contribution in [3.05, 3.63) is 22.4 Å². The SMILES string of the molecule is CCN(Cc1cccs1)C(=O)CSc1nnnn1C1CCCC1. The van der Waals surface area contributed by atoms with Crippen LogP contribution in [0.3, 0.4) is 0 Å². The Bertz CT molecular complexity index is 622. The third-order valence-corrected chi connectivity index (χ3v) is 5.90. The minimum atomic E-state index is 0.131. The third kappa shape index (κ3) is 4.11. The number of carbonyl (C=O) groups is 1. The first-order valence-electron chi connectivity index (χ1n) is 7.98. The van der Waals surface area contributed by atoms with Crippen LogP contribution in [0.1, 0.15) is 43.5 Å². The predicted octanol–water partition coefficient (Wildman–Crippen LogP) is 2.99. The van der Waals surface area contributed by atoms with Gasteiger partial charge >= 0.3 is 0 Å². The normalized spacial score (nSPS) is 15.2. The molecule has 0 saturated heterocycles. The fourth-order valence-corrected chi connectivity index (χ4v) is 4.41. The topological polar surface area (TPSA) is 63.9 Å². The van der Waals surface area contributed by atoms with Crippen LogP contribution in [0, 0.1) is 0 Å². The minimum Gasteiger partial charge on any atom is -0.337 e. The van der Waals surface area contributed by atoms with Gasteiger partial charge in [-0.05, 0) is 41.6 Å². The number of aromatic nitrogens is 4. The van der Waals surface area contributed by atoms with E-state index in [1.807, 2.05) is 28.0 Å². The molecule has 23 heavy (non-hydrogen) atoms. The molecule has 0 radical (unpaired) electrons. The van der Waals surface area contributed by atoms with Gasteiger partial charge in [0.1, 0.15) is 0 Å². The molecule has 1 saturated carbocycles. The Labute approximate surface area is 144 Å². The molecule has 0 atom stereocenters. The number of carbonyl (C=O) groups excluding carboxylic acids is 1. The Balaban J connectivity index is 1.56. The Kier molecular flexibility index (Phi) is 5.66. The highest BCUT2D eigenvalue weighted by Crippen LogP contribution is 2.31. The van der Waals surface area contributed by atoms with Crippen LogP contribution in [-0.2, 0) is 11.3 Å². The lowest BCUT2D eigenvalue weighted by Crippen LogP contribution is -2.31.